The van der Waals surface area contributed by atoms with E-state index in [0.717, 1.165) is 22.3 Å². The number of aromatic nitrogens is 3. The van der Waals surface area contributed by atoms with Gasteiger partial charge in [-0.25, -0.2) is 4.98 Å². The minimum Gasteiger partial charge on any atom is -0.491 e. The van der Waals surface area contributed by atoms with Gasteiger partial charge in [-0.1, -0.05) is 12.1 Å². The smallest absolute Gasteiger partial charge is 0.373 e. The summed E-state index contributed by atoms with van der Waals surface area (Å²) in [5, 5.41) is 3.14. The third-order valence-corrected chi connectivity index (χ3v) is 3.92. The molecule has 9 heteroatoms. The molecule has 2 aromatic carbocycles. The first-order chi connectivity index (χ1) is 13.7. The molecule has 28 heavy (non-hydrogen) atoms. The van der Waals surface area contributed by atoms with Crippen molar-refractivity contribution in [3.05, 3.63) is 42.5 Å². The molecular formula is C19H18N4O5. The molecular weight excluding hydrogens is 364 g/mol. The molecule has 1 N–H and O–H groups in total. The number of rotatable bonds is 6. The number of oxazole rings is 1. The van der Waals surface area contributed by atoms with E-state index in [0.29, 0.717) is 30.8 Å². The maximum atomic E-state index is 8.12. The summed E-state index contributed by atoms with van der Waals surface area (Å²) >= 11 is 0. The number of nitrogens with one attached hydrogen (secondary N) is 1. The number of anilines is 2. The largest absolute Gasteiger partial charge is 0.491 e. The molecule has 0 aliphatic carbocycles. The Morgan fingerprint density at radius 2 is 1.89 bits per heavy atom. The van der Waals surface area contributed by atoms with Crippen molar-refractivity contribution in [3.8, 4) is 5.75 Å². The monoisotopic (exact) mass is 382 g/mol. The van der Waals surface area contributed by atoms with Crippen molar-refractivity contribution in [1.29, 1.82) is 0 Å². The lowest BCUT2D eigenvalue weighted by molar-refractivity contribution is -0.191. The fourth-order valence-electron chi connectivity index (χ4n) is 2.64. The van der Waals surface area contributed by atoms with Gasteiger partial charge in [-0.2, -0.15) is 14.6 Å². The van der Waals surface area contributed by atoms with Crippen LogP contribution in [0.2, 0.25) is 0 Å². The molecule has 0 bridgehead atoms. The highest BCUT2D eigenvalue weighted by molar-refractivity contribution is 5.80. The Bertz CT molecular complexity index is 1110. The zero-order valence-corrected chi connectivity index (χ0v) is 15.3. The second-order valence-electron chi connectivity index (χ2n) is 5.68. The first-order valence-electron chi connectivity index (χ1n) is 8.36. The van der Waals surface area contributed by atoms with Crippen LogP contribution < -0.4 is 10.1 Å². The first-order valence-corrected chi connectivity index (χ1v) is 8.36. The van der Waals surface area contributed by atoms with Crippen molar-refractivity contribution in [2.24, 2.45) is 7.05 Å². The Balaban J connectivity index is 0.000000706. The Labute approximate surface area is 159 Å². The highest BCUT2D eigenvalue weighted by Crippen LogP contribution is 2.26. The van der Waals surface area contributed by atoms with Crippen LogP contribution in [0.5, 0.6) is 5.75 Å². The lowest BCUT2D eigenvalue weighted by atomic mass is 10.3. The number of fused-ring (bicyclic) bond motifs is 2. The van der Waals surface area contributed by atoms with Crippen molar-refractivity contribution < 1.29 is 23.5 Å². The van der Waals surface area contributed by atoms with Gasteiger partial charge in [0, 0.05) is 20.2 Å². The number of nitrogens with zero attached hydrogens (tertiary/aromatic N) is 3. The van der Waals surface area contributed by atoms with E-state index in [-0.39, 0.29) is 6.15 Å². The van der Waals surface area contributed by atoms with Gasteiger partial charge < -0.3 is 18.5 Å². The third-order valence-electron chi connectivity index (χ3n) is 3.92. The van der Waals surface area contributed by atoms with E-state index in [4.69, 9.17) is 23.5 Å². The van der Waals surface area contributed by atoms with Gasteiger partial charge in [0.2, 0.25) is 5.95 Å². The molecule has 0 saturated heterocycles. The van der Waals surface area contributed by atoms with E-state index in [9.17, 15) is 0 Å². The number of hydrogen-bond donors (Lipinski definition) is 1. The van der Waals surface area contributed by atoms with E-state index in [1.807, 2.05) is 54.1 Å². The maximum absolute atomic E-state index is 8.12. The molecule has 2 heterocycles. The van der Waals surface area contributed by atoms with Crippen LogP contribution in [0.1, 0.15) is 0 Å². The van der Waals surface area contributed by atoms with Gasteiger partial charge in [-0.3, -0.25) is 5.32 Å². The van der Waals surface area contributed by atoms with Crippen molar-refractivity contribution >= 4 is 40.2 Å². The quantitative estimate of drug-likeness (QED) is 0.507. The molecule has 0 spiro atoms. The van der Waals surface area contributed by atoms with Crippen molar-refractivity contribution in [2.75, 3.05) is 25.6 Å². The van der Waals surface area contributed by atoms with Gasteiger partial charge in [0.05, 0.1) is 17.6 Å². The number of ether oxygens (including phenoxy) is 2. The minimum atomic E-state index is 0.250. The van der Waals surface area contributed by atoms with Crippen molar-refractivity contribution in [3.63, 3.8) is 0 Å². The van der Waals surface area contributed by atoms with Gasteiger partial charge in [-0.15, -0.1) is 0 Å². The second kappa shape index (κ2) is 8.81. The van der Waals surface area contributed by atoms with Crippen LogP contribution in [0.15, 0.2) is 46.9 Å². The van der Waals surface area contributed by atoms with Crippen LogP contribution in [0.25, 0.3) is 22.1 Å². The highest BCUT2D eigenvalue weighted by atomic mass is 16.5. The number of hydrogen-bond acceptors (Lipinski definition) is 8. The highest BCUT2D eigenvalue weighted by Gasteiger charge is 2.12. The molecule has 4 aromatic rings. The Hall–Kier alpha value is -3.68. The summed E-state index contributed by atoms with van der Waals surface area (Å²) in [5.74, 6) is 1.39. The number of imidazole rings is 1. The topological polar surface area (TPSA) is 108 Å². The zero-order valence-electron chi connectivity index (χ0n) is 15.3. The fraction of sp³-hybridized carbons (Fsp3) is 0.211. The summed E-state index contributed by atoms with van der Waals surface area (Å²) in [6.45, 7) is 1.02. The summed E-state index contributed by atoms with van der Waals surface area (Å²) in [5.41, 5.74) is 3.35. The molecule has 144 valence electrons. The van der Waals surface area contributed by atoms with Gasteiger partial charge in [0.1, 0.15) is 17.9 Å². The van der Waals surface area contributed by atoms with Crippen LogP contribution in [0.4, 0.5) is 12.0 Å². The number of aryl methyl sites for hydroxylation is 1. The number of methoxy groups -OCH3 is 1. The fourth-order valence-corrected chi connectivity index (χ4v) is 2.64. The summed E-state index contributed by atoms with van der Waals surface area (Å²) in [4.78, 5) is 25.3. The average Bonchev–Trinajstić information content (AvgIpc) is 3.23. The summed E-state index contributed by atoms with van der Waals surface area (Å²) in [6, 6.07) is 13.9. The SMILES string of the molecule is COCCOc1ccc2nc(Nc3nc4ccccc4n3C)oc2c1.O=C=O. The van der Waals surface area contributed by atoms with Crippen LogP contribution in [-0.4, -0.2) is 41.0 Å². The summed E-state index contributed by atoms with van der Waals surface area (Å²) < 4.78 is 18.3. The Kier molecular flexibility index (Phi) is 6.01. The van der Waals surface area contributed by atoms with Crippen LogP contribution in [0.3, 0.4) is 0 Å². The predicted octanol–water partition coefficient (Wildman–Crippen LogP) is 2.90. The van der Waals surface area contributed by atoms with E-state index in [1.54, 1.807) is 7.11 Å². The Morgan fingerprint density at radius 1 is 1.11 bits per heavy atom. The molecule has 0 unspecified atom stereocenters. The van der Waals surface area contributed by atoms with E-state index < -0.39 is 0 Å². The lowest BCUT2D eigenvalue weighted by Crippen LogP contribution is -2.03. The van der Waals surface area contributed by atoms with Crippen LogP contribution in [-0.2, 0) is 21.4 Å². The molecule has 9 nitrogen and oxygen atoms in total. The van der Waals surface area contributed by atoms with E-state index in [1.165, 1.54) is 0 Å². The van der Waals surface area contributed by atoms with Crippen molar-refractivity contribution in [1.82, 2.24) is 14.5 Å². The number of para-hydroxylation sites is 2. The molecule has 0 radical (unpaired) electrons. The van der Waals surface area contributed by atoms with Crippen LogP contribution in [0, 0.1) is 0 Å². The molecule has 2 aromatic heterocycles. The first kappa shape index (κ1) is 19.1. The second-order valence-corrected chi connectivity index (χ2v) is 5.68. The molecule has 4 rings (SSSR count). The summed E-state index contributed by atoms with van der Waals surface area (Å²) in [7, 11) is 3.59. The lowest BCUT2D eigenvalue weighted by Gasteiger charge is -2.04. The van der Waals surface area contributed by atoms with Gasteiger partial charge >= 0.3 is 12.2 Å². The van der Waals surface area contributed by atoms with Crippen molar-refractivity contribution in [2.45, 2.75) is 0 Å². The molecule has 0 atom stereocenters. The predicted molar refractivity (Wildman–Crippen MR) is 100 cm³/mol. The van der Waals surface area contributed by atoms with Gasteiger partial charge in [0.25, 0.3) is 0 Å². The van der Waals surface area contributed by atoms with Gasteiger partial charge in [-0.05, 0) is 24.3 Å². The number of benzene rings is 2. The average molecular weight is 382 g/mol. The van der Waals surface area contributed by atoms with E-state index in [2.05, 4.69) is 15.3 Å². The number of carbonyl (C=O) groups excluding carboxylic acids is 2. The molecule has 0 amide bonds. The maximum Gasteiger partial charge on any atom is 0.373 e. The Morgan fingerprint density at radius 3 is 2.64 bits per heavy atom. The molecule has 0 fully saturated rings. The normalized spacial score (nSPS) is 10.4. The minimum absolute atomic E-state index is 0.250. The molecule has 0 saturated carbocycles. The van der Waals surface area contributed by atoms with E-state index >= 15 is 0 Å². The van der Waals surface area contributed by atoms with Gasteiger partial charge in [0.15, 0.2) is 5.58 Å². The van der Waals surface area contributed by atoms with Crippen LogP contribution >= 0.6 is 0 Å². The zero-order chi connectivity index (χ0) is 19.9. The molecule has 0 aliphatic heterocycles. The standard InChI is InChI=1S/C18H18N4O3.CO2/c1-22-15-6-4-3-5-13(15)19-17(22)21-18-20-14-8-7-12(11-16(14)25-18)24-10-9-23-2;2-1-3/h3-8,11H,9-10H2,1-2H3,(H,19,20,21);. The summed E-state index contributed by atoms with van der Waals surface area (Å²) in [6.07, 6.45) is 0.250. The third kappa shape index (κ3) is 4.17. The molecule has 0 aliphatic rings.